The molecule has 7 nitrogen and oxygen atoms in total. The Balaban J connectivity index is 1.97. The summed E-state index contributed by atoms with van der Waals surface area (Å²) in [5.74, 6) is 1.56. The normalized spacial score (nSPS) is 15.1. The topological polar surface area (TPSA) is 114 Å². The van der Waals surface area contributed by atoms with Gasteiger partial charge in [0.15, 0.2) is 0 Å². The molecule has 1 aromatic carbocycles. The fourth-order valence-corrected chi connectivity index (χ4v) is 3.85. The summed E-state index contributed by atoms with van der Waals surface area (Å²) in [7, 11) is 0. The summed E-state index contributed by atoms with van der Waals surface area (Å²) < 4.78 is 6.10. The smallest absolute Gasteiger partial charge is 0.219 e. The van der Waals surface area contributed by atoms with Crippen LogP contribution in [0, 0.1) is 11.3 Å². The Kier molecular flexibility index (Phi) is 4.40. The number of aromatic nitrogens is 2. The summed E-state index contributed by atoms with van der Waals surface area (Å²) in [5.41, 5.74) is 14.8. The molecule has 0 saturated heterocycles. The minimum absolute atomic E-state index is 0.175. The molecule has 0 aliphatic carbocycles. The molecule has 0 radical (unpaired) electrons. The highest BCUT2D eigenvalue weighted by Crippen LogP contribution is 2.44. The van der Waals surface area contributed by atoms with Crippen LogP contribution >= 0.6 is 0 Å². The second kappa shape index (κ2) is 6.89. The molecule has 4 N–H and O–H groups in total. The molecular formula is C21H22N6O. The molecule has 3 aromatic rings. The molecule has 1 aliphatic rings. The van der Waals surface area contributed by atoms with Gasteiger partial charge in [0.05, 0.1) is 5.39 Å². The lowest BCUT2D eigenvalue weighted by Gasteiger charge is -2.23. The number of nitriles is 1. The highest BCUT2D eigenvalue weighted by atomic mass is 16.5. The lowest BCUT2D eigenvalue weighted by Crippen LogP contribution is -2.24. The van der Waals surface area contributed by atoms with Gasteiger partial charge in [-0.2, -0.15) is 10.2 Å². The predicted octanol–water partition coefficient (Wildman–Crippen LogP) is 3.19. The van der Waals surface area contributed by atoms with Crippen LogP contribution in [0.25, 0.3) is 10.8 Å². The predicted molar refractivity (Wildman–Crippen MR) is 110 cm³/mol. The van der Waals surface area contributed by atoms with Crippen LogP contribution in [0.15, 0.2) is 30.3 Å². The lowest BCUT2D eigenvalue weighted by atomic mass is 9.97. The van der Waals surface area contributed by atoms with E-state index in [1.54, 1.807) is 0 Å². The van der Waals surface area contributed by atoms with E-state index in [0.29, 0.717) is 34.5 Å². The van der Waals surface area contributed by atoms with Crippen molar-refractivity contribution in [1.82, 2.24) is 9.97 Å². The van der Waals surface area contributed by atoms with Crippen molar-refractivity contribution in [3.05, 3.63) is 47.0 Å². The second-order valence-corrected chi connectivity index (χ2v) is 6.73. The Morgan fingerprint density at radius 1 is 1.11 bits per heavy atom. The van der Waals surface area contributed by atoms with Crippen LogP contribution in [-0.2, 0) is 6.42 Å². The quantitative estimate of drug-likeness (QED) is 0.721. The van der Waals surface area contributed by atoms with Crippen LogP contribution < -0.4 is 21.1 Å². The summed E-state index contributed by atoms with van der Waals surface area (Å²) in [6.07, 6.45) is 0.422. The van der Waals surface area contributed by atoms with Gasteiger partial charge in [0.25, 0.3) is 0 Å². The van der Waals surface area contributed by atoms with Crippen molar-refractivity contribution in [1.29, 1.82) is 5.26 Å². The number of pyridine rings is 2. The Hall–Kier alpha value is -3.53. The van der Waals surface area contributed by atoms with Crippen LogP contribution in [0.1, 0.15) is 36.6 Å². The third-order valence-electron chi connectivity index (χ3n) is 5.23. The first-order valence-corrected chi connectivity index (χ1v) is 9.37. The minimum atomic E-state index is -0.175. The van der Waals surface area contributed by atoms with E-state index >= 15 is 0 Å². The molecule has 3 heterocycles. The van der Waals surface area contributed by atoms with Gasteiger partial charge in [0, 0.05) is 30.5 Å². The van der Waals surface area contributed by atoms with E-state index in [1.165, 1.54) is 0 Å². The zero-order chi connectivity index (χ0) is 19.8. The van der Waals surface area contributed by atoms with Crippen molar-refractivity contribution in [2.45, 2.75) is 26.4 Å². The van der Waals surface area contributed by atoms with Gasteiger partial charge in [-0.15, -0.1) is 0 Å². The summed E-state index contributed by atoms with van der Waals surface area (Å²) in [5, 5.41) is 11.2. The van der Waals surface area contributed by atoms with Crippen molar-refractivity contribution >= 4 is 28.2 Å². The zero-order valence-electron chi connectivity index (χ0n) is 15.9. The first kappa shape index (κ1) is 17.9. The van der Waals surface area contributed by atoms with Gasteiger partial charge >= 0.3 is 0 Å². The minimum Gasteiger partial charge on any atom is -0.469 e. The lowest BCUT2D eigenvalue weighted by molar-refractivity contribution is 0.231. The number of hydrogen-bond acceptors (Lipinski definition) is 7. The van der Waals surface area contributed by atoms with Crippen LogP contribution in [0.5, 0.6) is 5.88 Å². The van der Waals surface area contributed by atoms with Crippen molar-refractivity contribution < 1.29 is 4.74 Å². The number of hydrogen-bond donors (Lipinski definition) is 2. The number of nitrogens with zero attached hydrogens (tertiary/aromatic N) is 4. The zero-order valence-corrected chi connectivity index (χ0v) is 15.9. The van der Waals surface area contributed by atoms with E-state index < -0.39 is 0 Å². The van der Waals surface area contributed by atoms with Crippen molar-refractivity contribution in [3.8, 4) is 11.9 Å². The first-order chi connectivity index (χ1) is 13.6. The van der Waals surface area contributed by atoms with Crippen LogP contribution in [0.3, 0.4) is 0 Å². The molecule has 1 atom stereocenters. The van der Waals surface area contributed by atoms with Gasteiger partial charge in [-0.25, -0.2) is 4.98 Å². The number of anilines is 3. The van der Waals surface area contributed by atoms with E-state index in [9.17, 15) is 5.26 Å². The van der Waals surface area contributed by atoms with Crippen molar-refractivity contribution in [2.24, 2.45) is 0 Å². The molecule has 1 aliphatic heterocycles. The van der Waals surface area contributed by atoms with Gasteiger partial charge < -0.3 is 21.1 Å². The van der Waals surface area contributed by atoms with E-state index in [-0.39, 0.29) is 17.7 Å². The van der Waals surface area contributed by atoms with E-state index in [4.69, 9.17) is 16.2 Å². The van der Waals surface area contributed by atoms with Crippen molar-refractivity contribution in [2.75, 3.05) is 29.5 Å². The molecule has 0 bridgehead atoms. The van der Waals surface area contributed by atoms with Gasteiger partial charge in [-0.3, -0.25) is 0 Å². The average molecular weight is 374 g/mol. The maximum Gasteiger partial charge on any atom is 0.219 e. The fraction of sp³-hybridized carbons (Fsp3) is 0.286. The molecule has 0 saturated carbocycles. The molecule has 2 aromatic heterocycles. The second-order valence-electron chi connectivity index (χ2n) is 6.73. The molecule has 0 unspecified atom stereocenters. The summed E-state index contributed by atoms with van der Waals surface area (Å²) in [4.78, 5) is 10.9. The molecule has 142 valence electrons. The van der Waals surface area contributed by atoms with Crippen molar-refractivity contribution in [3.63, 3.8) is 0 Å². The Morgan fingerprint density at radius 3 is 2.43 bits per heavy atom. The molecule has 4 rings (SSSR count). The molecule has 7 heteroatoms. The standard InChI is InChI=1S/C21H22N6O/c1-3-27(4-2)20-14(11-22)16-13-10-15(12-8-6-5-7-9-12)28-21(13)26-19(24)17(16)18(23)25-20/h5-9,15H,3-4,10H2,1-2H3,(H2,23,25)(H2,24,26)/t15-/m0/s1. The molecule has 0 fully saturated rings. The maximum atomic E-state index is 9.99. The SMILES string of the molecule is CCN(CC)c1nc(N)c2c(N)nc3c(c2c1C#N)C[C@@H](c1ccccc1)O3. The Morgan fingerprint density at radius 2 is 1.79 bits per heavy atom. The third kappa shape index (κ3) is 2.65. The molecule has 28 heavy (non-hydrogen) atoms. The van der Waals surface area contributed by atoms with Crippen LogP contribution in [0.2, 0.25) is 0 Å². The highest BCUT2D eigenvalue weighted by molar-refractivity contribution is 6.06. The van der Waals surface area contributed by atoms with E-state index in [0.717, 1.165) is 24.2 Å². The Labute approximate surface area is 163 Å². The summed E-state index contributed by atoms with van der Waals surface area (Å²) in [6.45, 7) is 5.48. The van der Waals surface area contributed by atoms with Gasteiger partial charge in [-0.05, 0) is 19.4 Å². The van der Waals surface area contributed by atoms with Crippen LogP contribution in [-0.4, -0.2) is 23.1 Å². The van der Waals surface area contributed by atoms with Gasteiger partial charge in [-0.1, -0.05) is 30.3 Å². The van der Waals surface area contributed by atoms with Gasteiger partial charge in [0.2, 0.25) is 5.88 Å². The summed E-state index contributed by atoms with van der Waals surface area (Å²) >= 11 is 0. The molecule has 0 spiro atoms. The van der Waals surface area contributed by atoms with Gasteiger partial charge in [0.1, 0.15) is 35.2 Å². The summed E-state index contributed by atoms with van der Waals surface area (Å²) in [6, 6.07) is 12.3. The van der Waals surface area contributed by atoms with E-state index in [1.807, 2.05) is 49.1 Å². The van der Waals surface area contributed by atoms with Crippen LogP contribution in [0.4, 0.5) is 17.5 Å². The highest BCUT2D eigenvalue weighted by Gasteiger charge is 2.32. The number of ether oxygens (including phenoxy) is 1. The van der Waals surface area contributed by atoms with E-state index in [2.05, 4.69) is 16.0 Å². The Bertz CT molecular complexity index is 1090. The number of benzene rings is 1. The number of nitrogens with two attached hydrogens (primary N) is 2. The fourth-order valence-electron chi connectivity index (χ4n) is 3.85. The molecular weight excluding hydrogens is 352 g/mol. The largest absolute Gasteiger partial charge is 0.469 e. The maximum absolute atomic E-state index is 9.99. The third-order valence-corrected chi connectivity index (χ3v) is 5.23. The number of rotatable bonds is 4. The monoisotopic (exact) mass is 374 g/mol. The average Bonchev–Trinajstić information content (AvgIpc) is 3.13. The molecule has 0 amide bonds. The number of nitrogen functional groups attached to an aromatic ring is 2. The first-order valence-electron chi connectivity index (χ1n) is 9.37. The number of fused-ring (bicyclic) bond motifs is 3.